The van der Waals surface area contributed by atoms with Crippen molar-refractivity contribution in [3.8, 4) is 0 Å². The summed E-state index contributed by atoms with van der Waals surface area (Å²) in [4.78, 5) is 30.7. The van der Waals surface area contributed by atoms with E-state index in [4.69, 9.17) is 0 Å². The molecule has 2 amide bonds. The van der Waals surface area contributed by atoms with Crippen LogP contribution in [-0.4, -0.2) is 47.9 Å². The Hall–Kier alpha value is -2.32. The van der Waals surface area contributed by atoms with Crippen molar-refractivity contribution in [1.29, 1.82) is 0 Å². The predicted molar refractivity (Wildman–Crippen MR) is 99.1 cm³/mol. The molecule has 6 nitrogen and oxygen atoms in total. The van der Waals surface area contributed by atoms with Crippen LogP contribution in [0.3, 0.4) is 0 Å². The van der Waals surface area contributed by atoms with Crippen molar-refractivity contribution in [2.75, 3.05) is 25.5 Å². The molecule has 26 heavy (non-hydrogen) atoms. The quantitative estimate of drug-likeness (QED) is 0.813. The number of hydrogen-bond acceptors (Lipinski definition) is 5. The third kappa shape index (κ3) is 4.64. The van der Waals surface area contributed by atoms with Crippen LogP contribution in [0, 0.1) is 5.82 Å². The molecule has 1 aromatic carbocycles. The van der Waals surface area contributed by atoms with Crippen LogP contribution in [0.1, 0.15) is 40.1 Å². The van der Waals surface area contributed by atoms with Crippen molar-refractivity contribution in [3.63, 3.8) is 0 Å². The fourth-order valence-electron chi connectivity index (χ4n) is 3.02. The minimum absolute atomic E-state index is 0.201. The lowest BCUT2D eigenvalue weighted by Gasteiger charge is -2.19. The zero-order chi connectivity index (χ0) is 18.5. The number of anilines is 1. The van der Waals surface area contributed by atoms with Crippen molar-refractivity contribution >= 4 is 28.3 Å². The molecular weight excluding hydrogens is 355 g/mol. The van der Waals surface area contributed by atoms with Crippen molar-refractivity contribution in [3.05, 3.63) is 46.7 Å². The molecule has 1 saturated heterocycles. The van der Waals surface area contributed by atoms with Gasteiger partial charge in [-0.1, -0.05) is 6.07 Å². The third-order valence-corrected chi connectivity index (χ3v) is 5.24. The summed E-state index contributed by atoms with van der Waals surface area (Å²) in [6.07, 6.45) is 3.28. The molecule has 0 bridgehead atoms. The lowest BCUT2D eigenvalue weighted by atomic mass is 10.1. The van der Waals surface area contributed by atoms with Gasteiger partial charge in [0.1, 0.15) is 11.5 Å². The molecule has 2 N–H and O–H groups in total. The highest BCUT2D eigenvalue weighted by Gasteiger charge is 2.20. The van der Waals surface area contributed by atoms with Crippen LogP contribution in [0.25, 0.3) is 0 Å². The second-order valence-corrected chi connectivity index (χ2v) is 7.18. The highest BCUT2D eigenvalue weighted by atomic mass is 32.1. The van der Waals surface area contributed by atoms with E-state index in [0.717, 1.165) is 30.4 Å². The number of aromatic nitrogens is 1. The minimum atomic E-state index is -0.482. The van der Waals surface area contributed by atoms with Crippen LogP contribution in [0.15, 0.2) is 29.6 Å². The Kier molecular flexibility index (Phi) is 5.95. The van der Waals surface area contributed by atoms with Gasteiger partial charge in [-0.3, -0.25) is 14.9 Å². The van der Waals surface area contributed by atoms with Gasteiger partial charge < -0.3 is 10.2 Å². The van der Waals surface area contributed by atoms with E-state index in [2.05, 4.69) is 27.6 Å². The summed E-state index contributed by atoms with van der Waals surface area (Å²) in [7, 11) is 2.10. The standard InChI is InChI=1S/C18H21FN4O2S/c1-23-9-3-6-14(23)7-8-20-17(25)15-11-26-18(21-15)22-16(24)12-4-2-5-13(19)10-12/h2,4-5,10-11,14H,3,6-9H2,1H3,(H,20,25)(H,21,22,24)/t14-/m1/s1. The third-order valence-electron chi connectivity index (χ3n) is 4.48. The van der Waals surface area contributed by atoms with E-state index in [1.54, 1.807) is 5.38 Å². The summed E-state index contributed by atoms with van der Waals surface area (Å²) in [6.45, 7) is 1.70. The predicted octanol–water partition coefficient (Wildman–Crippen LogP) is 2.75. The van der Waals surface area contributed by atoms with E-state index >= 15 is 0 Å². The number of carbonyl (C=O) groups excluding carboxylic acids is 2. The Morgan fingerprint density at radius 1 is 1.38 bits per heavy atom. The molecule has 0 unspecified atom stereocenters. The molecule has 0 saturated carbocycles. The monoisotopic (exact) mass is 376 g/mol. The Labute approximate surface area is 155 Å². The van der Waals surface area contributed by atoms with Gasteiger partial charge in [0.2, 0.25) is 0 Å². The molecule has 0 radical (unpaired) electrons. The Balaban J connectivity index is 1.50. The van der Waals surface area contributed by atoms with E-state index in [-0.39, 0.29) is 17.2 Å². The van der Waals surface area contributed by atoms with Gasteiger partial charge in [-0.05, 0) is 51.1 Å². The summed E-state index contributed by atoms with van der Waals surface area (Å²) in [5.41, 5.74) is 0.469. The maximum atomic E-state index is 13.2. The molecule has 1 fully saturated rings. The Morgan fingerprint density at radius 3 is 2.96 bits per heavy atom. The van der Waals surface area contributed by atoms with Crippen LogP contribution in [0.5, 0.6) is 0 Å². The minimum Gasteiger partial charge on any atom is -0.351 e. The molecule has 1 aromatic heterocycles. The molecule has 1 aliphatic rings. The summed E-state index contributed by atoms with van der Waals surface area (Å²) in [5, 5.41) is 7.35. The van der Waals surface area contributed by atoms with Crippen molar-refractivity contribution in [2.45, 2.75) is 25.3 Å². The molecule has 3 rings (SSSR count). The summed E-state index contributed by atoms with van der Waals surface area (Å²) < 4.78 is 13.2. The fraction of sp³-hybridized carbons (Fsp3) is 0.389. The number of halogens is 1. The van der Waals surface area contributed by atoms with Gasteiger partial charge >= 0.3 is 0 Å². The first-order chi connectivity index (χ1) is 12.5. The molecule has 1 atom stereocenters. The Morgan fingerprint density at radius 2 is 2.23 bits per heavy atom. The van der Waals surface area contributed by atoms with Crippen LogP contribution in [-0.2, 0) is 0 Å². The van der Waals surface area contributed by atoms with Gasteiger partial charge in [0, 0.05) is 23.5 Å². The lowest BCUT2D eigenvalue weighted by Crippen LogP contribution is -2.31. The van der Waals surface area contributed by atoms with E-state index in [1.165, 1.54) is 31.0 Å². The van der Waals surface area contributed by atoms with E-state index in [0.29, 0.717) is 17.7 Å². The maximum Gasteiger partial charge on any atom is 0.270 e. The van der Waals surface area contributed by atoms with Gasteiger partial charge in [0.05, 0.1) is 0 Å². The number of benzene rings is 1. The summed E-state index contributed by atoms with van der Waals surface area (Å²) in [5.74, 6) is -1.20. The topological polar surface area (TPSA) is 74.3 Å². The lowest BCUT2D eigenvalue weighted by molar-refractivity contribution is 0.0944. The fourth-order valence-corrected chi connectivity index (χ4v) is 3.71. The first-order valence-corrected chi connectivity index (χ1v) is 9.42. The SMILES string of the molecule is CN1CCC[C@@H]1CCNC(=O)c1csc(NC(=O)c2cccc(F)c2)n1. The van der Waals surface area contributed by atoms with Gasteiger partial charge in [-0.25, -0.2) is 9.37 Å². The second kappa shape index (κ2) is 8.37. The number of likely N-dealkylation sites (tertiary alicyclic amines) is 1. The average Bonchev–Trinajstić information content (AvgIpc) is 3.24. The average molecular weight is 376 g/mol. The first-order valence-electron chi connectivity index (χ1n) is 8.54. The number of thiazole rings is 1. The van der Waals surface area contributed by atoms with Crippen molar-refractivity contribution < 1.29 is 14.0 Å². The van der Waals surface area contributed by atoms with E-state index in [9.17, 15) is 14.0 Å². The molecule has 0 aliphatic carbocycles. The van der Waals surface area contributed by atoms with Gasteiger partial charge in [-0.2, -0.15) is 0 Å². The van der Waals surface area contributed by atoms with E-state index < -0.39 is 11.7 Å². The maximum absolute atomic E-state index is 13.2. The smallest absolute Gasteiger partial charge is 0.270 e. The largest absolute Gasteiger partial charge is 0.351 e. The molecule has 1 aliphatic heterocycles. The number of carbonyl (C=O) groups is 2. The second-order valence-electron chi connectivity index (χ2n) is 6.32. The highest BCUT2D eigenvalue weighted by molar-refractivity contribution is 7.14. The number of rotatable bonds is 6. The van der Waals surface area contributed by atoms with Crippen LogP contribution in [0.4, 0.5) is 9.52 Å². The number of nitrogens with one attached hydrogen (secondary N) is 2. The molecule has 0 spiro atoms. The number of amides is 2. The zero-order valence-electron chi connectivity index (χ0n) is 14.5. The Bertz CT molecular complexity index is 795. The normalized spacial score (nSPS) is 17.2. The molecule has 2 aromatic rings. The molecule has 138 valence electrons. The van der Waals surface area contributed by atoms with Gasteiger partial charge in [0.25, 0.3) is 11.8 Å². The molecular formula is C18H21FN4O2S. The van der Waals surface area contributed by atoms with Gasteiger partial charge in [0.15, 0.2) is 5.13 Å². The summed E-state index contributed by atoms with van der Waals surface area (Å²) in [6, 6.07) is 5.92. The first kappa shape index (κ1) is 18.5. The van der Waals surface area contributed by atoms with Crippen molar-refractivity contribution in [1.82, 2.24) is 15.2 Å². The molecule has 8 heteroatoms. The highest BCUT2D eigenvalue weighted by Crippen LogP contribution is 2.18. The van der Waals surface area contributed by atoms with E-state index in [1.807, 2.05) is 0 Å². The molecule has 2 heterocycles. The van der Waals surface area contributed by atoms with Crippen LogP contribution < -0.4 is 10.6 Å². The van der Waals surface area contributed by atoms with Crippen LogP contribution >= 0.6 is 11.3 Å². The summed E-state index contributed by atoms with van der Waals surface area (Å²) >= 11 is 1.16. The van der Waals surface area contributed by atoms with Crippen LogP contribution in [0.2, 0.25) is 0 Å². The zero-order valence-corrected chi connectivity index (χ0v) is 15.3. The number of nitrogens with zero attached hydrogens (tertiary/aromatic N) is 2. The van der Waals surface area contributed by atoms with Gasteiger partial charge in [-0.15, -0.1) is 11.3 Å². The number of hydrogen-bond donors (Lipinski definition) is 2. The van der Waals surface area contributed by atoms with Crippen molar-refractivity contribution in [2.24, 2.45) is 0 Å².